The number of nitro benzene ring substituents is 1. The van der Waals surface area contributed by atoms with Crippen molar-refractivity contribution >= 4 is 34.9 Å². The van der Waals surface area contributed by atoms with Gasteiger partial charge in [-0.3, -0.25) is 14.9 Å². The van der Waals surface area contributed by atoms with Crippen molar-refractivity contribution in [3.63, 3.8) is 0 Å². The van der Waals surface area contributed by atoms with Crippen LogP contribution in [0.4, 0.5) is 11.4 Å². The molecule has 0 spiro atoms. The summed E-state index contributed by atoms with van der Waals surface area (Å²) in [6.07, 6.45) is 0. The maximum Gasteiger partial charge on any atom is 0.339 e. The Morgan fingerprint density at radius 3 is 2.54 bits per heavy atom. The molecule has 26 heavy (non-hydrogen) atoms. The summed E-state index contributed by atoms with van der Waals surface area (Å²) in [5, 5.41) is 13.9. The Morgan fingerprint density at radius 2 is 1.92 bits per heavy atom. The zero-order valence-electron chi connectivity index (χ0n) is 14.5. The normalized spacial score (nSPS) is 10.3. The molecule has 0 radical (unpaired) electrons. The minimum atomic E-state index is -0.812. The number of ether oxygens (including phenoxy) is 1. The Bertz CT molecular complexity index is 872. The van der Waals surface area contributed by atoms with E-state index in [-0.39, 0.29) is 16.8 Å². The number of anilines is 1. The van der Waals surface area contributed by atoms with Crippen LogP contribution in [-0.4, -0.2) is 23.4 Å². The third-order valence-corrected chi connectivity index (χ3v) is 4.05. The van der Waals surface area contributed by atoms with Gasteiger partial charge in [0.05, 0.1) is 21.2 Å². The zero-order valence-corrected chi connectivity index (χ0v) is 15.2. The molecular formula is C18H17ClN2O5. The van der Waals surface area contributed by atoms with Crippen molar-refractivity contribution in [1.29, 1.82) is 0 Å². The second-order valence-corrected chi connectivity index (χ2v) is 6.18. The summed E-state index contributed by atoms with van der Waals surface area (Å²) in [7, 11) is 0. The Kier molecular flexibility index (Phi) is 5.94. The van der Waals surface area contributed by atoms with E-state index in [0.717, 1.165) is 11.1 Å². The first kappa shape index (κ1) is 19.4. The van der Waals surface area contributed by atoms with Crippen molar-refractivity contribution in [2.75, 3.05) is 11.9 Å². The van der Waals surface area contributed by atoms with Gasteiger partial charge in [-0.1, -0.05) is 23.7 Å². The highest BCUT2D eigenvalue weighted by Crippen LogP contribution is 2.27. The van der Waals surface area contributed by atoms with Crippen LogP contribution >= 0.6 is 11.6 Å². The van der Waals surface area contributed by atoms with Gasteiger partial charge in [0.15, 0.2) is 6.61 Å². The highest BCUT2D eigenvalue weighted by molar-refractivity contribution is 6.34. The summed E-state index contributed by atoms with van der Waals surface area (Å²) in [5.41, 5.74) is 2.22. The molecule has 2 aromatic carbocycles. The molecule has 0 saturated carbocycles. The fourth-order valence-corrected chi connectivity index (χ4v) is 2.87. The van der Waals surface area contributed by atoms with Crippen LogP contribution in [0.2, 0.25) is 5.02 Å². The number of nitro groups is 1. The fraction of sp³-hybridized carbons (Fsp3) is 0.222. The van der Waals surface area contributed by atoms with Gasteiger partial charge in [0.2, 0.25) is 0 Å². The van der Waals surface area contributed by atoms with Crippen LogP contribution in [0.5, 0.6) is 0 Å². The van der Waals surface area contributed by atoms with E-state index in [1.807, 2.05) is 13.0 Å². The number of nitrogens with one attached hydrogen (secondary N) is 1. The Morgan fingerprint density at radius 1 is 1.23 bits per heavy atom. The molecule has 2 rings (SSSR count). The molecule has 0 unspecified atom stereocenters. The predicted molar refractivity (Wildman–Crippen MR) is 97.7 cm³/mol. The maximum absolute atomic E-state index is 12.1. The molecule has 2 aromatic rings. The predicted octanol–water partition coefficient (Wildman–Crippen LogP) is 3.97. The van der Waals surface area contributed by atoms with Crippen LogP contribution in [0.15, 0.2) is 30.3 Å². The number of carbonyl (C=O) groups is 2. The number of hydrogen-bond donors (Lipinski definition) is 1. The van der Waals surface area contributed by atoms with Crippen LogP contribution in [0.25, 0.3) is 0 Å². The molecule has 0 fully saturated rings. The van der Waals surface area contributed by atoms with E-state index in [2.05, 4.69) is 5.32 Å². The van der Waals surface area contributed by atoms with E-state index >= 15 is 0 Å². The second-order valence-electron chi connectivity index (χ2n) is 5.77. The van der Waals surface area contributed by atoms with Crippen molar-refractivity contribution < 1.29 is 19.2 Å². The number of halogens is 1. The Balaban J connectivity index is 2.05. The number of esters is 1. The lowest BCUT2D eigenvalue weighted by Crippen LogP contribution is -2.22. The molecule has 8 heteroatoms. The Labute approximate surface area is 155 Å². The average Bonchev–Trinajstić information content (AvgIpc) is 2.55. The Hall–Kier alpha value is -2.93. The van der Waals surface area contributed by atoms with Crippen LogP contribution in [0.3, 0.4) is 0 Å². The summed E-state index contributed by atoms with van der Waals surface area (Å²) in [6, 6.07) is 7.66. The highest BCUT2D eigenvalue weighted by atomic mass is 35.5. The van der Waals surface area contributed by atoms with Crippen molar-refractivity contribution in [3.05, 3.63) is 67.7 Å². The average molecular weight is 377 g/mol. The van der Waals surface area contributed by atoms with E-state index < -0.39 is 23.4 Å². The smallest absolute Gasteiger partial charge is 0.339 e. The van der Waals surface area contributed by atoms with Crippen LogP contribution in [0, 0.1) is 30.9 Å². The van der Waals surface area contributed by atoms with Gasteiger partial charge < -0.3 is 10.1 Å². The van der Waals surface area contributed by atoms with Gasteiger partial charge in [0.25, 0.3) is 11.6 Å². The summed E-state index contributed by atoms with van der Waals surface area (Å²) in [4.78, 5) is 34.5. The van der Waals surface area contributed by atoms with Gasteiger partial charge in [-0.25, -0.2) is 4.79 Å². The van der Waals surface area contributed by atoms with Gasteiger partial charge in [-0.2, -0.15) is 0 Å². The molecule has 1 amide bonds. The number of carbonyl (C=O) groups excluding carboxylic acids is 2. The maximum atomic E-state index is 12.1. The summed E-state index contributed by atoms with van der Waals surface area (Å²) < 4.78 is 4.96. The lowest BCUT2D eigenvalue weighted by Gasteiger charge is -2.12. The van der Waals surface area contributed by atoms with Crippen LogP contribution < -0.4 is 5.32 Å². The quantitative estimate of drug-likeness (QED) is 0.483. The zero-order chi connectivity index (χ0) is 19.4. The number of aryl methyl sites for hydroxylation is 2. The molecule has 7 nitrogen and oxygen atoms in total. The minimum Gasteiger partial charge on any atom is -0.452 e. The number of benzene rings is 2. The van der Waals surface area contributed by atoms with Crippen molar-refractivity contribution in [2.45, 2.75) is 20.8 Å². The largest absolute Gasteiger partial charge is 0.452 e. The molecule has 0 atom stereocenters. The van der Waals surface area contributed by atoms with Gasteiger partial charge in [-0.05, 0) is 44.0 Å². The third kappa shape index (κ3) is 4.37. The molecule has 0 saturated heterocycles. The standard InChI is InChI=1S/C18H17ClN2O5/c1-10-7-11(2)17(14(19)8-10)20-16(22)9-26-18(23)13-5-4-6-15(12(13)3)21(24)25/h4-8H,9H2,1-3H3,(H,20,22). The lowest BCUT2D eigenvalue weighted by atomic mass is 10.1. The molecule has 136 valence electrons. The highest BCUT2D eigenvalue weighted by Gasteiger charge is 2.20. The van der Waals surface area contributed by atoms with Crippen molar-refractivity contribution in [1.82, 2.24) is 0 Å². The first-order valence-electron chi connectivity index (χ1n) is 7.68. The molecule has 0 aliphatic heterocycles. The third-order valence-electron chi connectivity index (χ3n) is 3.75. The van der Waals surface area contributed by atoms with Crippen LogP contribution in [-0.2, 0) is 9.53 Å². The number of rotatable bonds is 5. The first-order valence-corrected chi connectivity index (χ1v) is 8.06. The molecule has 0 bridgehead atoms. The summed E-state index contributed by atoms with van der Waals surface area (Å²) in [6.45, 7) is 4.59. The summed E-state index contributed by atoms with van der Waals surface area (Å²) in [5.74, 6) is -1.37. The second kappa shape index (κ2) is 7.97. The minimum absolute atomic E-state index is 0.0385. The molecule has 0 aliphatic carbocycles. The molecule has 1 N–H and O–H groups in total. The first-order chi connectivity index (χ1) is 12.2. The number of amides is 1. The number of hydrogen-bond acceptors (Lipinski definition) is 5. The van der Waals surface area contributed by atoms with E-state index in [1.54, 1.807) is 13.0 Å². The van der Waals surface area contributed by atoms with Gasteiger partial charge in [0.1, 0.15) is 0 Å². The van der Waals surface area contributed by atoms with E-state index in [1.165, 1.54) is 25.1 Å². The molecule has 0 aromatic heterocycles. The fourth-order valence-electron chi connectivity index (χ4n) is 2.50. The molecule has 0 heterocycles. The van der Waals surface area contributed by atoms with E-state index in [9.17, 15) is 19.7 Å². The molecule has 0 aliphatic rings. The monoisotopic (exact) mass is 376 g/mol. The SMILES string of the molecule is Cc1cc(C)c(NC(=O)COC(=O)c2cccc([N+](=O)[O-])c2C)c(Cl)c1. The molecular weight excluding hydrogens is 360 g/mol. The van der Waals surface area contributed by atoms with Crippen molar-refractivity contribution in [3.8, 4) is 0 Å². The van der Waals surface area contributed by atoms with Gasteiger partial charge in [-0.15, -0.1) is 0 Å². The topological polar surface area (TPSA) is 98.5 Å². The van der Waals surface area contributed by atoms with Crippen molar-refractivity contribution in [2.24, 2.45) is 0 Å². The van der Waals surface area contributed by atoms with Crippen LogP contribution in [0.1, 0.15) is 27.0 Å². The summed E-state index contributed by atoms with van der Waals surface area (Å²) >= 11 is 6.12. The van der Waals surface area contributed by atoms with Gasteiger partial charge in [0, 0.05) is 11.6 Å². The lowest BCUT2D eigenvalue weighted by molar-refractivity contribution is -0.385. The van der Waals surface area contributed by atoms with E-state index in [4.69, 9.17) is 16.3 Å². The number of nitrogens with zero attached hydrogens (tertiary/aromatic N) is 1. The van der Waals surface area contributed by atoms with E-state index in [0.29, 0.717) is 10.7 Å². The van der Waals surface area contributed by atoms with Gasteiger partial charge >= 0.3 is 5.97 Å².